The number of hydrogen-bond acceptors (Lipinski definition) is 3. The molecule has 1 aliphatic rings. The van der Waals surface area contributed by atoms with Crippen molar-refractivity contribution >= 4 is 5.91 Å². The maximum atomic E-state index is 11.5. The number of amides is 1. The van der Waals surface area contributed by atoms with Crippen LogP contribution < -0.4 is 5.32 Å². The third-order valence-corrected chi connectivity index (χ3v) is 3.20. The molecule has 4 heteroatoms. The highest BCUT2D eigenvalue weighted by molar-refractivity contribution is 5.77. The van der Waals surface area contributed by atoms with Gasteiger partial charge < -0.3 is 15.0 Å². The summed E-state index contributed by atoms with van der Waals surface area (Å²) in [6.07, 6.45) is 1.04. The molecule has 1 amide bonds. The molecule has 1 aliphatic heterocycles. The average molecular weight is 248 g/mol. The van der Waals surface area contributed by atoms with E-state index in [0.29, 0.717) is 13.1 Å². The van der Waals surface area contributed by atoms with Gasteiger partial charge in [-0.2, -0.15) is 0 Å². The number of ether oxygens (including phenoxy) is 1. The molecule has 0 saturated heterocycles. The van der Waals surface area contributed by atoms with Gasteiger partial charge in [0.2, 0.25) is 5.91 Å². The topological polar surface area (TPSA) is 41.6 Å². The second kappa shape index (κ2) is 5.98. The van der Waals surface area contributed by atoms with Gasteiger partial charge in [0.05, 0.1) is 19.3 Å². The Kier molecular flexibility index (Phi) is 4.33. The lowest BCUT2D eigenvalue weighted by atomic mass is 9.97. The molecule has 0 aromatic heterocycles. The molecule has 4 nitrogen and oxygen atoms in total. The molecule has 0 aliphatic carbocycles. The first-order chi connectivity index (χ1) is 8.68. The molecule has 0 bridgehead atoms. The number of benzene rings is 1. The number of likely N-dealkylation sites (N-methyl/N-ethyl adjacent to an activating group) is 1. The standard InChI is InChI=1S/C14H20N2O2/c1-16(2)14(17)10-15-9-13-12-6-4-3-5-11(12)7-8-18-13/h3-6,13,15H,7-10H2,1-2H3. The van der Waals surface area contributed by atoms with Crippen molar-refractivity contribution in [3.63, 3.8) is 0 Å². The minimum Gasteiger partial charge on any atom is -0.372 e. The van der Waals surface area contributed by atoms with E-state index in [1.165, 1.54) is 11.1 Å². The molecular weight excluding hydrogens is 228 g/mol. The average Bonchev–Trinajstić information content (AvgIpc) is 2.38. The van der Waals surface area contributed by atoms with E-state index in [9.17, 15) is 4.79 Å². The third kappa shape index (κ3) is 3.09. The molecule has 0 fully saturated rings. The Hall–Kier alpha value is -1.39. The summed E-state index contributed by atoms with van der Waals surface area (Å²) in [5.41, 5.74) is 2.60. The van der Waals surface area contributed by atoms with Crippen LogP contribution in [0.5, 0.6) is 0 Å². The molecule has 2 rings (SSSR count). The van der Waals surface area contributed by atoms with E-state index in [1.807, 2.05) is 6.07 Å². The third-order valence-electron chi connectivity index (χ3n) is 3.20. The van der Waals surface area contributed by atoms with Gasteiger partial charge in [0.1, 0.15) is 0 Å². The number of hydrogen-bond donors (Lipinski definition) is 1. The summed E-state index contributed by atoms with van der Waals surface area (Å²) in [6.45, 7) is 1.79. The molecule has 18 heavy (non-hydrogen) atoms. The maximum absolute atomic E-state index is 11.5. The summed E-state index contributed by atoms with van der Waals surface area (Å²) in [5, 5.41) is 3.16. The molecule has 0 saturated carbocycles. The molecular formula is C14H20N2O2. The van der Waals surface area contributed by atoms with Gasteiger partial charge in [-0.1, -0.05) is 24.3 Å². The summed E-state index contributed by atoms with van der Waals surface area (Å²) >= 11 is 0. The fraction of sp³-hybridized carbons (Fsp3) is 0.500. The zero-order valence-corrected chi connectivity index (χ0v) is 11.0. The first-order valence-electron chi connectivity index (χ1n) is 6.29. The van der Waals surface area contributed by atoms with Crippen LogP contribution in [0, 0.1) is 0 Å². The summed E-state index contributed by atoms with van der Waals surface area (Å²) in [5.74, 6) is 0.0825. The number of rotatable bonds is 4. The molecule has 0 radical (unpaired) electrons. The Balaban J connectivity index is 1.90. The Bertz CT molecular complexity index is 418. The lowest BCUT2D eigenvalue weighted by molar-refractivity contribution is -0.127. The molecule has 98 valence electrons. The van der Waals surface area contributed by atoms with Crippen LogP contribution in [-0.2, 0) is 16.0 Å². The molecule has 1 aromatic rings. The van der Waals surface area contributed by atoms with Crippen molar-refractivity contribution in [3.05, 3.63) is 35.4 Å². The van der Waals surface area contributed by atoms with Crippen molar-refractivity contribution in [1.82, 2.24) is 10.2 Å². The van der Waals surface area contributed by atoms with Crippen molar-refractivity contribution in [2.75, 3.05) is 33.8 Å². The summed E-state index contributed by atoms with van der Waals surface area (Å²) in [6, 6.07) is 8.35. The Morgan fingerprint density at radius 2 is 2.22 bits per heavy atom. The van der Waals surface area contributed by atoms with Gasteiger partial charge in [-0.05, 0) is 17.5 Å². The van der Waals surface area contributed by atoms with Crippen molar-refractivity contribution in [3.8, 4) is 0 Å². The van der Waals surface area contributed by atoms with Crippen LogP contribution in [0.4, 0.5) is 0 Å². The lowest BCUT2D eigenvalue weighted by Gasteiger charge is -2.26. The van der Waals surface area contributed by atoms with E-state index in [1.54, 1.807) is 19.0 Å². The van der Waals surface area contributed by atoms with E-state index >= 15 is 0 Å². The van der Waals surface area contributed by atoms with Crippen molar-refractivity contribution in [2.45, 2.75) is 12.5 Å². The van der Waals surface area contributed by atoms with Crippen molar-refractivity contribution in [2.24, 2.45) is 0 Å². The predicted octanol–water partition coefficient (Wildman–Crippen LogP) is 0.978. The van der Waals surface area contributed by atoms with Crippen LogP contribution in [0.25, 0.3) is 0 Å². The quantitative estimate of drug-likeness (QED) is 0.863. The zero-order valence-electron chi connectivity index (χ0n) is 11.0. The van der Waals surface area contributed by atoms with E-state index < -0.39 is 0 Å². The summed E-state index contributed by atoms with van der Waals surface area (Å²) in [7, 11) is 3.52. The minimum atomic E-state index is 0.0601. The summed E-state index contributed by atoms with van der Waals surface area (Å²) < 4.78 is 5.76. The van der Waals surface area contributed by atoms with Gasteiger partial charge >= 0.3 is 0 Å². The van der Waals surface area contributed by atoms with Gasteiger partial charge in [0, 0.05) is 20.6 Å². The number of nitrogens with one attached hydrogen (secondary N) is 1. The fourth-order valence-electron chi connectivity index (χ4n) is 2.11. The van der Waals surface area contributed by atoms with Crippen LogP contribution in [0.3, 0.4) is 0 Å². The second-order valence-electron chi connectivity index (χ2n) is 4.73. The van der Waals surface area contributed by atoms with E-state index in [-0.39, 0.29) is 12.0 Å². The van der Waals surface area contributed by atoms with E-state index in [2.05, 4.69) is 23.5 Å². The smallest absolute Gasteiger partial charge is 0.236 e. The molecule has 1 N–H and O–H groups in total. The summed E-state index contributed by atoms with van der Waals surface area (Å²) in [4.78, 5) is 13.0. The predicted molar refractivity (Wildman–Crippen MR) is 70.4 cm³/mol. The van der Waals surface area contributed by atoms with Crippen LogP contribution in [0.15, 0.2) is 24.3 Å². The van der Waals surface area contributed by atoms with Crippen molar-refractivity contribution < 1.29 is 9.53 Å². The van der Waals surface area contributed by atoms with Gasteiger partial charge in [0.15, 0.2) is 0 Å². The first kappa shape index (κ1) is 13.1. The van der Waals surface area contributed by atoms with E-state index in [4.69, 9.17) is 4.74 Å². The molecule has 1 heterocycles. The molecule has 0 spiro atoms. The van der Waals surface area contributed by atoms with Crippen LogP contribution in [0.1, 0.15) is 17.2 Å². The maximum Gasteiger partial charge on any atom is 0.236 e. The Morgan fingerprint density at radius 3 is 3.00 bits per heavy atom. The van der Waals surface area contributed by atoms with Gasteiger partial charge in [-0.3, -0.25) is 4.79 Å². The van der Waals surface area contributed by atoms with Crippen LogP contribution in [0.2, 0.25) is 0 Å². The Labute approximate surface area is 108 Å². The van der Waals surface area contributed by atoms with Gasteiger partial charge in [-0.15, -0.1) is 0 Å². The highest BCUT2D eigenvalue weighted by Gasteiger charge is 2.20. The van der Waals surface area contributed by atoms with E-state index in [0.717, 1.165) is 13.0 Å². The Morgan fingerprint density at radius 1 is 1.44 bits per heavy atom. The highest BCUT2D eigenvalue weighted by atomic mass is 16.5. The lowest BCUT2D eigenvalue weighted by Crippen LogP contribution is -2.36. The largest absolute Gasteiger partial charge is 0.372 e. The van der Waals surface area contributed by atoms with Gasteiger partial charge in [0.25, 0.3) is 0 Å². The van der Waals surface area contributed by atoms with Gasteiger partial charge in [-0.25, -0.2) is 0 Å². The monoisotopic (exact) mass is 248 g/mol. The molecule has 1 unspecified atom stereocenters. The highest BCUT2D eigenvalue weighted by Crippen LogP contribution is 2.25. The number of fused-ring (bicyclic) bond motifs is 1. The first-order valence-corrected chi connectivity index (χ1v) is 6.29. The SMILES string of the molecule is CN(C)C(=O)CNCC1OCCc2ccccc21. The fourth-order valence-corrected chi connectivity index (χ4v) is 2.11. The van der Waals surface area contributed by atoms with Crippen LogP contribution >= 0.6 is 0 Å². The number of carbonyl (C=O) groups is 1. The second-order valence-corrected chi connectivity index (χ2v) is 4.73. The minimum absolute atomic E-state index is 0.0601. The number of nitrogens with zero attached hydrogens (tertiary/aromatic N) is 1. The molecule has 1 aromatic carbocycles. The van der Waals surface area contributed by atoms with Crippen molar-refractivity contribution in [1.29, 1.82) is 0 Å². The zero-order chi connectivity index (χ0) is 13.0. The molecule has 1 atom stereocenters. The normalized spacial score (nSPS) is 18.2. The van der Waals surface area contributed by atoms with Crippen LogP contribution in [-0.4, -0.2) is 44.6 Å². The number of carbonyl (C=O) groups excluding carboxylic acids is 1.